The zero-order valence-electron chi connectivity index (χ0n) is 22.7. The lowest BCUT2D eigenvalue weighted by Crippen LogP contribution is -2.24. The number of hydrogen-bond acceptors (Lipinski definition) is 7. The van der Waals surface area contributed by atoms with E-state index >= 15 is 0 Å². The number of para-hydroxylation sites is 1. The molecule has 8 nitrogen and oxygen atoms in total. The number of ether oxygens (including phenoxy) is 1. The van der Waals surface area contributed by atoms with Crippen LogP contribution in [0.3, 0.4) is 0 Å². The molecule has 0 radical (unpaired) electrons. The second-order valence-electron chi connectivity index (χ2n) is 11.0. The van der Waals surface area contributed by atoms with Crippen LogP contribution >= 0.6 is 0 Å². The molecule has 2 aliphatic carbocycles. The van der Waals surface area contributed by atoms with Gasteiger partial charge in [0.15, 0.2) is 0 Å². The Hall–Kier alpha value is -3.96. The van der Waals surface area contributed by atoms with Crippen molar-refractivity contribution >= 4 is 17.4 Å². The normalized spacial score (nSPS) is 16.1. The number of rotatable bonds is 10. The standard InChI is InChI=1S/C31H36N6O2/c1-37(2)17-18-39-26-10-6-9-24(23-7-4-3-5-8-23)28(26)36-30(38)25-21-33-27(19-32)35-29(25)34-20-22-11-13-31(14-12-22)15-16-31/h3-10,21-22H,11-18,20H2,1-2H3,(H,36,38)(H,33,34,35). The number of carbonyl (C=O) groups is 1. The number of nitrogens with zero attached hydrogens (tertiary/aromatic N) is 4. The second kappa shape index (κ2) is 11.8. The highest BCUT2D eigenvalue weighted by Gasteiger charge is 2.44. The minimum atomic E-state index is -0.358. The maximum atomic E-state index is 13.7. The van der Waals surface area contributed by atoms with E-state index in [9.17, 15) is 10.1 Å². The highest BCUT2D eigenvalue weighted by atomic mass is 16.5. The summed E-state index contributed by atoms with van der Waals surface area (Å²) in [7, 11) is 3.98. The molecule has 1 amide bonds. The molecule has 0 aliphatic heterocycles. The van der Waals surface area contributed by atoms with Gasteiger partial charge < -0.3 is 20.3 Å². The van der Waals surface area contributed by atoms with Crippen molar-refractivity contribution in [2.24, 2.45) is 11.3 Å². The van der Waals surface area contributed by atoms with E-state index in [0.717, 1.165) is 24.2 Å². The highest BCUT2D eigenvalue weighted by Crippen LogP contribution is 2.57. The number of carbonyl (C=O) groups excluding carboxylic acids is 1. The summed E-state index contributed by atoms with van der Waals surface area (Å²) >= 11 is 0. The second-order valence-corrected chi connectivity index (χ2v) is 11.0. The van der Waals surface area contributed by atoms with Crippen molar-refractivity contribution < 1.29 is 9.53 Å². The molecule has 0 saturated heterocycles. The van der Waals surface area contributed by atoms with Crippen molar-refractivity contribution in [1.29, 1.82) is 5.26 Å². The number of anilines is 2. The van der Waals surface area contributed by atoms with E-state index in [0.29, 0.717) is 40.8 Å². The Labute approximate surface area is 230 Å². The minimum absolute atomic E-state index is 0.0343. The molecule has 1 aromatic heterocycles. The number of benzene rings is 2. The van der Waals surface area contributed by atoms with Crippen LogP contribution in [0.2, 0.25) is 0 Å². The quantitative estimate of drug-likeness (QED) is 0.356. The lowest BCUT2D eigenvalue weighted by atomic mass is 9.80. The predicted octanol–water partition coefficient (Wildman–Crippen LogP) is 5.59. The van der Waals surface area contributed by atoms with E-state index in [2.05, 4.69) is 20.6 Å². The first kappa shape index (κ1) is 26.6. The first-order valence-electron chi connectivity index (χ1n) is 13.7. The summed E-state index contributed by atoms with van der Waals surface area (Å²) < 4.78 is 6.12. The van der Waals surface area contributed by atoms with Gasteiger partial charge in [-0.3, -0.25) is 4.79 Å². The summed E-state index contributed by atoms with van der Waals surface area (Å²) in [6.45, 7) is 1.93. The van der Waals surface area contributed by atoms with Gasteiger partial charge >= 0.3 is 0 Å². The highest BCUT2D eigenvalue weighted by molar-refractivity contribution is 6.09. The first-order chi connectivity index (χ1) is 19.0. The number of likely N-dealkylation sites (N-methyl/N-ethyl adjacent to an activating group) is 1. The van der Waals surface area contributed by atoms with Gasteiger partial charge in [-0.1, -0.05) is 42.5 Å². The van der Waals surface area contributed by atoms with Gasteiger partial charge in [0.25, 0.3) is 5.91 Å². The lowest BCUT2D eigenvalue weighted by molar-refractivity contribution is 0.102. The SMILES string of the molecule is CN(C)CCOc1cccc(-c2ccccc2)c1NC(=O)c1cnc(C#N)nc1NCC1CCC2(CC1)CC2. The van der Waals surface area contributed by atoms with Crippen LogP contribution in [0.15, 0.2) is 54.7 Å². The molecule has 0 atom stereocenters. The van der Waals surface area contributed by atoms with Gasteiger partial charge in [-0.2, -0.15) is 5.26 Å². The van der Waals surface area contributed by atoms with E-state index in [1.54, 1.807) is 0 Å². The molecule has 0 unspecified atom stereocenters. The summed E-state index contributed by atoms with van der Waals surface area (Å²) in [4.78, 5) is 24.2. The topological polar surface area (TPSA) is 103 Å². The van der Waals surface area contributed by atoms with Gasteiger partial charge in [-0.25, -0.2) is 9.97 Å². The maximum Gasteiger partial charge on any atom is 0.261 e. The number of nitriles is 1. The van der Waals surface area contributed by atoms with Crippen LogP contribution in [0, 0.1) is 22.7 Å². The fourth-order valence-corrected chi connectivity index (χ4v) is 5.31. The van der Waals surface area contributed by atoms with Crippen LogP contribution in [-0.2, 0) is 0 Å². The Morgan fingerprint density at radius 2 is 1.87 bits per heavy atom. The Kier molecular flexibility index (Phi) is 8.08. The van der Waals surface area contributed by atoms with Crippen LogP contribution in [0.4, 0.5) is 11.5 Å². The van der Waals surface area contributed by atoms with Crippen molar-refractivity contribution in [1.82, 2.24) is 14.9 Å². The van der Waals surface area contributed by atoms with Crippen molar-refractivity contribution in [3.63, 3.8) is 0 Å². The summed E-state index contributed by atoms with van der Waals surface area (Å²) in [5.74, 6) is 1.18. The Morgan fingerprint density at radius 1 is 1.10 bits per heavy atom. The molecule has 3 aromatic rings. The zero-order valence-corrected chi connectivity index (χ0v) is 22.7. The minimum Gasteiger partial charge on any atom is -0.490 e. The average Bonchev–Trinajstić information content (AvgIpc) is 3.72. The van der Waals surface area contributed by atoms with Gasteiger partial charge in [0.1, 0.15) is 29.8 Å². The smallest absolute Gasteiger partial charge is 0.261 e. The van der Waals surface area contributed by atoms with E-state index in [1.165, 1.54) is 44.7 Å². The van der Waals surface area contributed by atoms with Crippen molar-refractivity contribution in [3.8, 4) is 22.9 Å². The third-order valence-electron chi connectivity index (χ3n) is 7.96. The van der Waals surface area contributed by atoms with Gasteiger partial charge in [0, 0.05) is 24.8 Å². The number of amides is 1. The molecule has 8 heteroatoms. The molecule has 2 N–H and O–H groups in total. The summed E-state index contributed by atoms with van der Waals surface area (Å²) in [6.07, 6.45) is 9.12. The number of nitrogens with one attached hydrogen (secondary N) is 2. The van der Waals surface area contributed by atoms with Crippen LogP contribution in [0.25, 0.3) is 11.1 Å². The van der Waals surface area contributed by atoms with E-state index in [4.69, 9.17) is 4.74 Å². The molecule has 1 heterocycles. The number of hydrogen-bond donors (Lipinski definition) is 2. The van der Waals surface area contributed by atoms with Crippen LogP contribution in [0.1, 0.15) is 54.7 Å². The van der Waals surface area contributed by atoms with Crippen molar-refractivity contribution in [3.05, 3.63) is 66.1 Å². The Bertz CT molecular complexity index is 1340. The van der Waals surface area contributed by atoms with Crippen LogP contribution in [-0.4, -0.2) is 54.6 Å². The molecular weight excluding hydrogens is 488 g/mol. The average molecular weight is 525 g/mol. The van der Waals surface area contributed by atoms with E-state index < -0.39 is 0 Å². The summed E-state index contributed by atoms with van der Waals surface area (Å²) in [5.41, 5.74) is 3.33. The Balaban J connectivity index is 1.39. The fourth-order valence-electron chi connectivity index (χ4n) is 5.31. The largest absolute Gasteiger partial charge is 0.490 e. The fraction of sp³-hybridized carbons (Fsp3) is 0.419. The molecule has 5 rings (SSSR count). The summed E-state index contributed by atoms with van der Waals surface area (Å²) in [5, 5.41) is 15.9. The van der Waals surface area contributed by atoms with Crippen molar-refractivity contribution in [2.45, 2.75) is 38.5 Å². The molecule has 2 aromatic carbocycles. The van der Waals surface area contributed by atoms with Gasteiger partial charge in [-0.15, -0.1) is 0 Å². The van der Waals surface area contributed by atoms with Gasteiger partial charge in [-0.05, 0) is 75.6 Å². The first-order valence-corrected chi connectivity index (χ1v) is 13.7. The Morgan fingerprint density at radius 3 is 2.56 bits per heavy atom. The summed E-state index contributed by atoms with van der Waals surface area (Å²) in [6, 6.07) is 17.6. The predicted molar refractivity (Wildman–Crippen MR) is 153 cm³/mol. The van der Waals surface area contributed by atoms with Crippen LogP contribution in [0.5, 0.6) is 5.75 Å². The van der Waals surface area contributed by atoms with Gasteiger partial charge in [0.05, 0.1) is 5.69 Å². The molecule has 0 bridgehead atoms. The molecule has 2 fully saturated rings. The molecule has 39 heavy (non-hydrogen) atoms. The van der Waals surface area contributed by atoms with Crippen LogP contribution < -0.4 is 15.4 Å². The zero-order chi connectivity index (χ0) is 27.2. The molecule has 2 aliphatic rings. The number of aromatic nitrogens is 2. The molecule has 2 saturated carbocycles. The van der Waals surface area contributed by atoms with Gasteiger partial charge in [0.2, 0.25) is 5.82 Å². The monoisotopic (exact) mass is 524 g/mol. The molecule has 1 spiro atoms. The van der Waals surface area contributed by atoms with Crippen molar-refractivity contribution in [2.75, 3.05) is 44.4 Å². The third kappa shape index (κ3) is 6.55. The van der Waals surface area contributed by atoms with E-state index in [-0.39, 0.29) is 11.7 Å². The maximum absolute atomic E-state index is 13.7. The molecule has 202 valence electrons. The third-order valence-corrected chi connectivity index (χ3v) is 7.96. The lowest BCUT2D eigenvalue weighted by Gasteiger charge is -2.28. The van der Waals surface area contributed by atoms with E-state index in [1.807, 2.05) is 73.6 Å². The molecular formula is C31H36N6O2.